The van der Waals surface area contributed by atoms with Crippen molar-refractivity contribution in [2.75, 3.05) is 5.32 Å². The SMILES string of the molecule is Cc1cc(NC(=O)NCc2nn[nH]n2)ccc1C(=O)O. The predicted octanol–water partition coefficient (Wildman–Crippen LogP) is 0.528. The molecule has 1 aromatic carbocycles. The minimum Gasteiger partial charge on any atom is -0.478 e. The molecule has 0 bridgehead atoms. The first kappa shape index (κ1) is 13.5. The Bertz CT molecular complexity index is 625. The Kier molecular flexibility index (Phi) is 3.89. The molecule has 0 aliphatic carbocycles. The third-order valence-electron chi connectivity index (χ3n) is 2.51. The molecule has 0 saturated carbocycles. The average molecular weight is 276 g/mol. The van der Waals surface area contributed by atoms with Crippen LogP contribution >= 0.6 is 0 Å². The summed E-state index contributed by atoms with van der Waals surface area (Å²) in [6.07, 6.45) is 0. The highest BCUT2D eigenvalue weighted by Crippen LogP contribution is 2.15. The summed E-state index contributed by atoms with van der Waals surface area (Å²) in [5.74, 6) is -0.645. The van der Waals surface area contributed by atoms with Crippen LogP contribution in [-0.4, -0.2) is 37.7 Å². The summed E-state index contributed by atoms with van der Waals surface area (Å²) in [6, 6.07) is 4.09. The third kappa shape index (κ3) is 3.28. The lowest BCUT2D eigenvalue weighted by Gasteiger charge is -2.08. The van der Waals surface area contributed by atoms with E-state index in [4.69, 9.17) is 5.11 Å². The van der Waals surface area contributed by atoms with Gasteiger partial charge in [0.15, 0.2) is 5.82 Å². The molecule has 1 aromatic heterocycles. The van der Waals surface area contributed by atoms with Crippen molar-refractivity contribution in [1.82, 2.24) is 25.9 Å². The number of tetrazole rings is 1. The number of urea groups is 1. The fraction of sp³-hybridized carbons (Fsp3) is 0.182. The number of carbonyl (C=O) groups excluding carboxylic acids is 1. The van der Waals surface area contributed by atoms with Gasteiger partial charge in [-0.15, -0.1) is 10.2 Å². The van der Waals surface area contributed by atoms with Crippen LogP contribution in [0.25, 0.3) is 0 Å². The summed E-state index contributed by atoms with van der Waals surface area (Å²) < 4.78 is 0. The highest BCUT2D eigenvalue weighted by Gasteiger charge is 2.09. The van der Waals surface area contributed by atoms with Crippen LogP contribution < -0.4 is 10.6 Å². The third-order valence-corrected chi connectivity index (χ3v) is 2.51. The molecule has 1 heterocycles. The predicted molar refractivity (Wildman–Crippen MR) is 68.2 cm³/mol. The van der Waals surface area contributed by atoms with Gasteiger partial charge in [-0.3, -0.25) is 0 Å². The van der Waals surface area contributed by atoms with Crippen molar-refractivity contribution in [2.24, 2.45) is 0 Å². The molecule has 0 aliphatic heterocycles. The Morgan fingerprint density at radius 2 is 2.20 bits per heavy atom. The van der Waals surface area contributed by atoms with Crippen molar-refractivity contribution in [3.05, 3.63) is 35.2 Å². The van der Waals surface area contributed by atoms with E-state index >= 15 is 0 Å². The zero-order valence-electron chi connectivity index (χ0n) is 10.5. The number of nitrogens with one attached hydrogen (secondary N) is 3. The molecule has 0 saturated heterocycles. The van der Waals surface area contributed by atoms with Gasteiger partial charge in [-0.25, -0.2) is 9.59 Å². The standard InChI is InChI=1S/C11H12N6O3/c1-6-4-7(2-3-8(6)10(18)19)13-11(20)12-5-9-14-16-17-15-9/h2-4H,5H2,1H3,(H,18,19)(H2,12,13,20)(H,14,15,16,17). The van der Waals surface area contributed by atoms with Gasteiger partial charge in [-0.05, 0) is 30.7 Å². The summed E-state index contributed by atoms with van der Waals surface area (Å²) in [6.45, 7) is 1.79. The van der Waals surface area contributed by atoms with Gasteiger partial charge in [0, 0.05) is 5.69 Å². The Morgan fingerprint density at radius 3 is 2.80 bits per heavy atom. The number of carboxylic acid groups (broad SMARTS) is 1. The van der Waals surface area contributed by atoms with Crippen LogP contribution in [0.3, 0.4) is 0 Å². The molecule has 4 N–H and O–H groups in total. The van der Waals surface area contributed by atoms with Crippen LogP contribution in [0.15, 0.2) is 18.2 Å². The van der Waals surface area contributed by atoms with Crippen LogP contribution in [0.1, 0.15) is 21.7 Å². The Hall–Kier alpha value is -2.97. The Labute approximate surface area is 113 Å². The largest absolute Gasteiger partial charge is 0.478 e. The van der Waals surface area contributed by atoms with Gasteiger partial charge in [0.1, 0.15) is 0 Å². The number of aromatic carboxylic acids is 1. The van der Waals surface area contributed by atoms with Crippen molar-refractivity contribution in [3.63, 3.8) is 0 Å². The van der Waals surface area contributed by atoms with E-state index < -0.39 is 12.0 Å². The summed E-state index contributed by atoms with van der Waals surface area (Å²) in [7, 11) is 0. The van der Waals surface area contributed by atoms with Gasteiger partial charge in [-0.1, -0.05) is 5.21 Å². The summed E-state index contributed by atoms with van der Waals surface area (Å²) in [5.41, 5.74) is 1.26. The van der Waals surface area contributed by atoms with E-state index in [1.165, 1.54) is 12.1 Å². The average Bonchev–Trinajstić information content (AvgIpc) is 2.89. The lowest BCUT2D eigenvalue weighted by atomic mass is 10.1. The minimum atomic E-state index is -1.00. The maximum atomic E-state index is 11.6. The van der Waals surface area contributed by atoms with Crippen LogP contribution in [0, 0.1) is 6.92 Å². The molecule has 0 spiro atoms. The summed E-state index contributed by atoms with van der Waals surface area (Å²) >= 11 is 0. The molecule has 9 heteroatoms. The lowest BCUT2D eigenvalue weighted by Crippen LogP contribution is -2.28. The second-order valence-electron chi connectivity index (χ2n) is 3.97. The van der Waals surface area contributed by atoms with Gasteiger partial charge < -0.3 is 15.7 Å². The molecule has 0 unspecified atom stereocenters. The fourth-order valence-corrected chi connectivity index (χ4v) is 1.57. The van der Waals surface area contributed by atoms with E-state index in [9.17, 15) is 9.59 Å². The molecule has 0 fully saturated rings. The monoisotopic (exact) mass is 276 g/mol. The van der Waals surface area contributed by atoms with Crippen LogP contribution in [0.5, 0.6) is 0 Å². The normalized spacial score (nSPS) is 10.1. The number of H-pyrrole nitrogens is 1. The smallest absolute Gasteiger partial charge is 0.335 e. The number of carbonyl (C=O) groups is 2. The second kappa shape index (κ2) is 5.78. The van der Waals surface area contributed by atoms with Gasteiger partial charge in [0.25, 0.3) is 0 Å². The number of aryl methyl sites for hydroxylation is 1. The molecular formula is C11H12N6O3. The van der Waals surface area contributed by atoms with E-state index in [2.05, 4.69) is 31.3 Å². The Morgan fingerprint density at radius 1 is 1.40 bits per heavy atom. The number of aromatic nitrogens is 4. The first-order chi connectivity index (χ1) is 9.56. The molecular weight excluding hydrogens is 264 g/mol. The molecule has 2 amide bonds. The molecule has 9 nitrogen and oxygen atoms in total. The quantitative estimate of drug-likeness (QED) is 0.643. The van der Waals surface area contributed by atoms with Crippen molar-refractivity contribution < 1.29 is 14.7 Å². The summed E-state index contributed by atoms with van der Waals surface area (Å²) in [4.78, 5) is 22.5. The number of anilines is 1. The molecule has 0 radical (unpaired) electrons. The first-order valence-corrected chi connectivity index (χ1v) is 5.67. The summed E-state index contributed by atoms with van der Waals surface area (Å²) in [5, 5.41) is 27.0. The molecule has 0 atom stereocenters. The lowest BCUT2D eigenvalue weighted by molar-refractivity contribution is 0.0696. The maximum absolute atomic E-state index is 11.6. The maximum Gasteiger partial charge on any atom is 0.335 e. The highest BCUT2D eigenvalue weighted by atomic mass is 16.4. The number of rotatable bonds is 4. The number of hydrogen-bond acceptors (Lipinski definition) is 5. The topological polar surface area (TPSA) is 133 Å². The van der Waals surface area contributed by atoms with E-state index in [-0.39, 0.29) is 12.1 Å². The van der Waals surface area contributed by atoms with E-state index in [1.807, 2.05) is 0 Å². The zero-order valence-corrected chi connectivity index (χ0v) is 10.5. The van der Waals surface area contributed by atoms with E-state index in [0.717, 1.165) is 0 Å². The van der Waals surface area contributed by atoms with Gasteiger partial charge in [0.2, 0.25) is 0 Å². The van der Waals surface area contributed by atoms with Crippen LogP contribution in [-0.2, 0) is 6.54 Å². The second-order valence-corrected chi connectivity index (χ2v) is 3.97. The molecule has 2 aromatic rings. The molecule has 104 valence electrons. The number of carboxylic acids is 1. The van der Waals surface area contributed by atoms with Crippen LogP contribution in [0.2, 0.25) is 0 Å². The molecule has 2 rings (SSSR count). The number of hydrogen-bond donors (Lipinski definition) is 4. The molecule has 20 heavy (non-hydrogen) atoms. The first-order valence-electron chi connectivity index (χ1n) is 5.67. The number of nitrogens with zero attached hydrogens (tertiary/aromatic N) is 3. The Balaban J connectivity index is 1.94. The zero-order chi connectivity index (χ0) is 14.5. The minimum absolute atomic E-state index is 0.133. The van der Waals surface area contributed by atoms with E-state index in [0.29, 0.717) is 17.1 Å². The fourth-order valence-electron chi connectivity index (χ4n) is 1.57. The van der Waals surface area contributed by atoms with Gasteiger partial charge >= 0.3 is 12.0 Å². The number of benzene rings is 1. The van der Waals surface area contributed by atoms with Crippen molar-refractivity contribution in [1.29, 1.82) is 0 Å². The van der Waals surface area contributed by atoms with Gasteiger partial charge in [-0.2, -0.15) is 5.21 Å². The molecule has 0 aliphatic rings. The number of amides is 2. The number of aromatic amines is 1. The van der Waals surface area contributed by atoms with Crippen LogP contribution in [0.4, 0.5) is 10.5 Å². The highest BCUT2D eigenvalue weighted by molar-refractivity contribution is 5.92. The van der Waals surface area contributed by atoms with Crippen molar-refractivity contribution in [2.45, 2.75) is 13.5 Å². The van der Waals surface area contributed by atoms with Crippen molar-refractivity contribution in [3.8, 4) is 0 Å². The van der Waals surface area contributed by atoms with Gasteiger partial charge in [0.05, 0.1) is 12.1 Å². The van der Waals surface area contributed by atoms with E-state index in [1.54, 1.807) is 13.0 Å². The van der Waals surface area contributed by atoms with Crippen molar-refractivity contribution >= 4 is 17.7 Å².